The predicted octanol–water partition coefficient (Wildman–Crippen LogP) is 7.93. The molecule has 0 aromatic heterocycles. The van der Waals surface area contributed by atoms with Crippen LogP contribution in [-0.2, 0) is 19.0 Å². The number of esters is 1. The Morgan fingerprint density at radius 3 is 2.35 bits per heavy atom. The second-order valence-electron chi connectivity index (χ2n) is 15.0. The van der Waals surface area contributed by atoms with Crippen LogP contribution in [0.3, 0.4) is 0 Å². The largest absolute Gasteiger partial charge is 0.462 e. The second kappa shape index (κ2) is 10.1. The lowest BCUT2D eigenvalue weighted by Gasteiger charge is -2.68. The molecule has 4 heteroatoms. The van der Waals surface area contributed by atoms with E-state index in [-0.39, 0.29) is 18.4 Å². The molecule has 6 aliphatic rings. The number of hydrogen-bond acceptors (Lipinski definition) is 4. The molecular weight excluding hydrogens is 460 g/mol. The Morgan fingerprint density at radius 2 is 1.57 bits per heavy atom. The van der Waals surface area contributed by atoms with Gasteiger partial charge in [0.15, 0.2) is 6.29 Å². The van der Waals surface area contributed by atoms with Crippen molar-refractivity contribution in [2.45, 2.75) is 136 Å². The highest BCUT2D eigenvalue weighted by molar-refractivity contribution is 5.66. The number of fused-ring (bicyclic) bond motifs is 7. The quantitative estimate of drug-likeness (QED) is 0.357. The fourth-order valence-electron chi connectivity index (χ4n) is 11.8. The van der Waals surface area contributed by atoms with E-state index in [1.807, 2.05) is 0 Å². The fraction of sp³-hybridized carbons (Fsp3) is 0.970. The van der Waals surface area contributed by atoms with Crippen LogP contribution in [0.5, 0.6) is 0 Å². The fourth-order valence-corrected chi connectivity index (χ4v) is 11.8. The summed E-state index contributed by atoms with van der Waals surface area (Å²) < 4.78 is 18.4. The van der Waals surface area contributed by atoms with Gasteiger partial charge in [-0.05, 0) is 135 Å². The molecule has 11 unspecified atom stereocenters. The average molecular weight is 515 g/mol. The predicted molar refractivity (Wildman–Crippen MR) is 146 cm³/mol. The third-order valence-corrected chi connectivity index (χ3v) is 13.5. The van der Waals surface area contributed by atoms with Crippen molar-refractivity contribution >= 4 is 5.97 Å². The summed E-state index contributed by atoms with van der Waals surface area (Å²) in [4.78, 5) is 11.8. The van der Waals surface area contributed by atoms with Crippen molar-refractivity contribution in [1.82, 2.24) is 0 Å². The Morgan fingerprint density at radius 1 is 0.811 bits per heavy atom. The number of hydrogen-bond donors (Lipinski definition) is 0. The summed E-state index contributed by atoms with van der Waals surface area (Å²) in [6, 6.07) is 0. The number of carbonyl (C=O) groups is 1. The minimum Gasteiger partial charge on any atom is -0.462 e. The Balaban J connectivity index is 1.20. The first kappa shape index (κ1) is 26.6. The van der Waals surface area contributed by atoms with E-state index in [4.69, 9.17) is 14.2 Å². The first-order chi connectivity index (χ1) is 17.8. The van der Waals surface area contributed by atoms with Gasteiger partial charge in [0.1, 0.15) is 6.10 Å². The van der Waals surface area contributed by atoms with Gasteiger partial charge in [-0.25, -0.2) is 0 Å². The van der Waals surface area contributed by atoms with Gasteiger partial charge in [-0.15, -0.1) is 0 Å². The molecule has 6 fully saturated rings. The third-order valence-electron chi connectivity index (χ3n) is 13.5. The molecule has 5 saturated carbocycles. The van der Waals surface area contributed by atoms with E-state index in [1.165, 1.54) is 83.5 Å². The molecule has 6 rings (SSSR count). The summed E-state index contributed by atoms with van der Waals surface area (Å²) in [7, 11) is 0. The summed E-state index contributed by atoms with van der Waals surface area (Å²) >= 11 is 0. The molecule has 37 heavy (non-hydrogen) atoms. The van der Waals surface area contributed by atoms with Gasteiger partial charge in [0.05, 0.1) is 6.61 Å². The summed E-state index contributed by atoms with van der Waals surface area (Å²) in [6.07, 6.45) is 20.0. The van der Waals surface area contributed by atoms with Crippen molar-refractivity contribution in [3.05, 3.63) is 0 Å². The van der Waals surface area contributed by atoms with Gasteiger partial charge < -0.3 is 14.2 Å². The van der Waals surface area contributed by atoms with Crippen molar-refractivity contribution in [2.75, 3.05) is 13.2 Å². The molecule has 0 aromatic rings. The monoisotopic (exact) mass is 514 g/mol. The Hall–Kier alpha value is -0.610. The maximum Gasteiger partial charge on any atom is 0.302 e. The highest BCUT2D eigenvalue weighted by Crippen LogP contribution is 2.71. The van der Waals surface area contributed by atoms with Gasteiger partial charge in [-0.3, -0.25) is 4.79 Å². The number of carbonyl (C=O) groups excluding carboxylic acids is 1. The van der Waals surface area contributed by atoms with Crippen LogP contribution in [0.1, 0.15) is 124 Å². The zero-order valence-corrected chi connectivity index (χ0v) is 24.3. The maximum atomic E-state index is 11.8. The summed E-state index contributed by atoms with van der Waals surface area (Å²) in [5.74, 6) is 4.53. The van der Waals surface area contributed by atoms with Gasteiger partial charge in [0, 0.05) is 13.5 Å². The van der Waals surface area contributed by atoms with Crippen LogP contribution in [0.25, 0.3) is 0 Å². The van der Waals surface area contributed by atoms with Crippen LogP contribution < -0.4 is 0 Å². The molecule has 0 amide bonds. The highest BCUT2D eigenvalue weighted by atomic mass is 16.7. The molecule has 11 atom stereocenters. The minimum absolute atomic E-state index is 0.0519. The van der Waals surface area contributed by atoms with Crippen LogP contribution in [0, 0.1) is 51.8 Å². The maximum absolute atomic E-state index is 11.8. The van der Waals surface area contributed by atoms with E-state index in [2.05, 4.69) is 20.8 Å². The van der Waals surface area contributed by atoms with Crippen LogP contribution in [0.2, 0.25) is 0 Å². The zero-order chi connectivity index (χ0) is 25.8. The molecule has 4 nitrogen and oxygen atoms in total. The van der Waals surface area contributed by atoms with E-state index < -0.39 is 0 Å². The van der Waals surface area contributed by atoms with E-state index >= 15 is 0 Å². The van der Waals surface area contributed by atoms with Crippen molar-refractivity contribution in [1.29, 1.82) is 0 Å². The second-order valence-corrected chi connectivity index (χ2v) is 15.0. The first-order valence-electron chi connectivity index (χ1n) is 16.2. The summed E-state index contributed by atoms with van der Waals surface area (Å²) in [6.45, 7) is 11.2. The van der Waals surface area contributed by atoms with Crippen molar-refractivity contribution in [2.24, 2.45) is 51.8 Å². The van der Waals surface area contributed by atoms with Crippen LogP contribution >= 0.6 is 0 Å². The van der Waals surface area contributed by atoms with Gasteiger partial charge in [0.25, 0.3) is 0 Å². The number of rotatable bonds is 4. The van der Waals surface area contributed by atoms with E-state index in [1.54, 1.807) is 6.92 Å². The molecule has 210 valence electrons. The Bertz CT molecular complexity index is 836. The van der Waals surface area contributed by atoms with Gasteiger partial charge in [-0.2, -0.15) is 0 Å². The first-order valence-corrected chi connectivity index (χ1v) is 16.2. The minimum atomic E-state index is -0.0983. The van der Waals surface area contributed by atoms with E-state index in [0.717, 1.165) is 49.7 Å². The molecule has 1 saturated heterocycles. The highest BCUT2D eigenvalue weighted by Gasteiger charge is 2.64. The normalized spacial score (nSPS) is 51.7. The molecule has 1 heterocycles. The van der Waals surface area contributed by atoms with Crippen molar-refractivity contribution in [3.8, 4) is 0 Å². The smallest absolute Gasteiger partial charge is 0.302 e. The molecule has 0 bridgehead atoms. The lowest BCUT2D eigenvalue weighted by atomic mass is 9.37. The van der Waals surface area contributed by atoms with Crippen LogP contribution in [0.4, 0.5) is 0 Å². The lowest BCUT2D eigenvalue weighted by Crippen LogP contribution is -2.62. The third kappa shape index (κ3) is 4.43. The molecule has 5 aliphatic carbocycles. The van der Waals surface area contributed by atoms with Gasteiger partial charge >= 0.3 is 5.97 Å². The van der Waals surface area contributed by atoms with Gasteiger partial charge in [-0.1, -0.05) is 33.6 Å². The topological polar surface area (TPSA) is 44.8 Å². The average Bonchev–Trinajstić information content (AvgIpc) is 2.89. The van der Waals surface area contributed by atoms with Crippen LogP contribution in [0.15, 0.2) is 0 Å². The Kier molecular flexibility index (Phi) is 7.26. The number of ether oxygens (including phenoxy) is 3. The standard InChI is InChI=1S/C33H54O4/c1-22-25-13-17-32(4)26-14-19-33(21-36-30-10-6-8-20-35-30)16-7-5-9-27(33)24(26)11-12-29(32)31(25,3)18-15-28(22)37-23(2)34/h22,24-30H,5-21H2,1-4H3. The van der Waals surface area contributed by atoms with E-state index in [0.29, 0.717) is 28.1 Å². The molecule has 0 spiro atoms. The molecule has 0 N–H and O–H groups in total. The zero-order valence-electron chi connectivity index (χ0n) is 24.3. The lowest BCUT2D eigenvalue weighted by molar-refractivity contribution is -0.226. The molecule has 0 radical (unpaired) electrons. The summed E-state index contributed by atoms with van der Waals surface area (Å²) in [5, 5.41) is 0. The molecular formula is C33H54O4. The van der Waals surface area contributed by atoms with Crippen molar-refractivity contribution < 1.29 is 19.0 Å². The summed E-state index contributed by atoms with van der Waals surface area (Å²) in [5.41, 5.74) is 1.27. The molecule has 0 aromatic carbocycles. The SMILES string of the molecule is CC(=O)OC1CCC2(C)C(CCC3(C)C4CCC5(COC6CCCCO6)CCCCC5C4CCC23)C1C. The molecule has 1 aliphatic heterocycles. The van der Waals surface area contributed by atoms with Crippen molar-refractivity contribution in [3.63, 3.8) is 0 Å². The van der Waals surface area contributed by atoms with Crippen LogP contribution in [-0.4, -0.2) is 31.6 Å². The van der Waals surface area contributed by atoms with Gasteiger partial charge in [0.2, 0.25) is 0 Å². The Labute approximate surface area is 226 Å². The van der Waals surface area contributed by atoms with E-state index in [9.17, 15) is 4.79 Å².